The van der Waals surface area contributed by atoms with E-state index < -0.39 is 5.97 Å². The number of nitrogens with zero attached hydrogens (tertiary/aromatic N) is 2. The number of benzene rings is 1. The molecule has 0 atom stereocenters. The number of carbonyl (C=O) groups is 2. The lowest BCUT2D eigenvalue weighted by atomic mass is 10.2. The van der Waals surface area contributed by atoms with Crippen molar-refractivity contribution in [1.82, 2.24) is 10.0 Å². The standard InChI is InChI=1S/C15H20N2O4/c1-2-16-8-4-7-14(18)17(16)9-10-21-13-6-3-5-12(11-13)15(19)20/h3,5-6,11H,2,4,7-10H2,1H3,(H,19,20). The van der Waals surface area contributed by atoms with Crippen LogP contribution in [0.1, 0.15) is 30.1 Å². The molecule has 1 heterocycles. The van der Waals surface area contributed by atoms with Gasteiger partial charge in [0, 0.05) is 19.5 Å². The monoisotopic (exact) mass is 292 g/mol. The molecule has 0 aliphatic carbocycles. The Morgan fingerprint density at radius 2 is 2.24 bits per heavy atom. The Labute approximate surface area is 123 Å². The molecule has 0 saturated carbocycles. The molecule has 0 bridgehead atoms. The highest BCUT2D eigenvalue weighted by Gasteiger charge is 2.24. The fraction of sp³-hybridized carbons (Fsp3) is 0.467. The first kappa shape index (κ1) is 15.3. The first-order valence-corrected chi connectivity index (χ1v) is 7.13. The van der Waals surface area contributed by atoms with Crippen LogP contribution in [0.25, 0.3) is 0 Å². The number of hydrazine groups is 1. The van der Waals surface area contributed by atoms with Crippen LogP contribution in [0.5, 0.6) is 5.75 Å². The molecule has 0 unspecified atom stereocenters. The highest BCUT2D eigenvalue weighted by Crippen LogP contribution is 2.15. The number of carbonyl (C=O) groups excluding carboxylic acids is 1. The lowest BCUT2D eigenvalue weighted by molar-refractivity contribution is -0.155. The Morgan fingerprint density at radius 1 is 1.43 bits per heavy atom. The summed E-state index contributed by atoms with van der Waals surface area (Å²) >= 11 is 0. The third-order valence-corrected chi connectivity index (χ3v) is 3.45. The predicted molar refractivity (Wildman–Crippen MR) is 77.1 cm³/mol. The van der Waals surface area contributed by atoms with Gasteiger partial charge in [0.1, 0.15) is 12.4 Å². The molecule has 1 saturated heterocycles. The summed E-state index contributed by atoms with van der Waals surface area (Å²) in [6.45, 7) is 4.51. The molecule has 1 fully saturated rings. The molecule has 0 radical (unpaired) electrons. The van der Waals surface area contributed by atoms with E-state index >= 15 is 0 Å². The minimum Gasteiger partial charge on any atom is -0.492 e. The van der Waals surface area contributed by atoms with Crippen LogP contribution in [-0.4, -0.2) is 53.2 Å². The first-order chi connectivity index (χ1) is 10.1. The van der Waals surface area contributed by atoms with Gasteiger partial charge in [0.25, 0.3) is 0 Å². The fourth-order valence-electron chi connectivity index (χ4n) is 2.38. The lowest BCUT2D eigenvalue weighted by Gasteiger charge is -2.37. The van der Waals surface area contributed by atoms with Crippen LogP contribution in [0.4, 0.5) is 0 Å². The Morgan fingerprint density at radius 3 is 2.95 bits per heavy atom. The minimum absolute atomic E-state index is 0.117. The largest absolute Gasteiger partial charge is 0.492 e. The average Bonchev–Trinajstić information content (AvgIpc) is 2.49. The SMILES string of the molecule is CCN1CCCC(=O)N1CCOc1cccc(C(=O)O)c1. The number of rotatable bonds is 6. The summed E-state index contributed by atoms with van der Waals surface area (Å²) in [6.07, 6.45) is 1.47. The van der Waals surface area contributed by atoms with Crippen molar-refractivity contribution in [1.29, 1.82) is 0 Å². The smallest absolute Gasteiger partial charge is 0.335 e. The molecule has 1 aliphatic heterocycles. The summed E-state index contributed by atoms with van der Waals surface area (Å²) in [7, 11) is 0. The van der Waals surface area contributed by atoms with E-state index in [1.54, 1.807) is 17.1 Å². The lowest BCUT2D eigenvalue weighted by Crippen LogP contribution is -2.51. The van der Waals surface area contributed by atoms with Crippen LogP contribution < -0.4 is 4.74 Å². The maximum absolute atomic E-state index is 11.9. The van der Waals surface area contributed by atoms with E-state index in [0.29, 0.717) is 25.3 Å². The van der Waals surface area contributed by atoms with Crippen molar-refractivity contribution >= 4 is 11.9 Å². The van der Waals surface area contributed by atoms with Gasteiger partial charge in [-0.3, -0.25) is 9.80 Å². The van der Waals surface area contributed by atoms with E-state index in [1.165, 1.54) is 12.1 Å². The number of amides is 1. The number of aromatic carboxylic acids is 1. The molecule has 1 aromatic carbocycles. The van der Waals surface area contributed by atoms with Crippen molar-refractivity contribution in [3.05, 3.63) is 29.8 Å². The second-order valence-corrected chi connectivity index (χ2v) is 4.85. The minimum atomic E-state index is -0.983. The van der Waals surface area contributed by atoms with Gasteiger partial charge in [-0.05, 0) is 24.6 Å². The molecule has 1 aliphatic rings. The predicted octanol–water partition coefficient (Wildman–Crippen LogP) is 1.62. The van der Waals surface area contributed by atoms with Crippen molar-refractivity contribution in [3.63, 3.8) is 0 Å². The Hall–Kier alpha value is -2.08. The van der Waals surface area contributed by atoms with Crippen LogP contribution in [-0.2, 0) is 4.79 Å². The zero-order valence-corrected chi connectivity index (χ0v) is 12.1. The van der Waals surface area contributed by atoms with E-state index in [-0.39, 0.29) is 11.5 Å². The molecule has 2 rings (SSSR count). The quantitative estimate of drug-likeness (QED) is 0.863. The Balaban J connectivity index is 1.89. The van der Waals surface area contributed by atoms with Gasteiger partial charge in [-0.2, -0.15) is 0 Å². The van der Waals surface area contributed by atoms with Crippen LogP contribution in [0.2, 0.25) is 0 Å². The van der Waals surface area contributed by atoms with Crippen molar-refractivity contribution in [3.8, 4) is 5.75 Å². The molecule has 6 heteroatoms. The van der Waals surface area contributed by atoms with E-state index in [9.17, 15) is 9.59 Å². The molecular weight excluding hydrogens is 272 g/mol. The maximum Gasteiger partial charge on any atom is 0.335 e. The van der Waals surface area contributed by atoms with Crippen LogP contribution in [0.3, 0.4) is 0 Å². The second-order valence-electron chi connectivity index (χ2n) is 4.85. The van der Waals surface area contributed by atoms with Crippen molar-refractivity contribution < 1.29 is 19.4 Å². The Kier molecular flexibility index (Phi) is 5.16. The number of ether oxygens (including phenoxy) is 1. The van der Waals surface area contributed by atoms with Gasteiger partial charge in [0.15, 0.2) is 0 Å². The second kappa shape index (κ2) is 7.08. The summed E-state index contributed by atoms with van der Waals surface area (Å²) in [4.78, 5) is 22.8. The number of hydrogen-bond donors (Lipinski definition) is 1. The topological polar surface area (TPSA) is 70.1 Å². The fourth-order valence-corrected chi connectivity index (χ4v) is 2.38. The van der Waals surface area contributed by atoms with Gasteiger partial charge in [-0.15, -0.1) is 0 Å². The van der Waals surface area contributed by atoms with Gasteiger partial charge in [0.2, 0.25) is 5.91 Å². The highest BCUT2D eigenvalue weighted by atomic mass is 16.5. The van der Waals surface area contributed by atoms with Gasteiger partial charge in [-0.1, -0.05) is 13.0 Å². The van der Waals surface area contributed by atoms with E-state index in [2.05, 4.69) is 0 Å². The third-order valence-electron chi connectivity index (χ3n) is 3.45. The van der Waals surface area contributed by atoms with E-state index in [0.717, 1.165) is 19.5 Å². The van der Waals surface area contributed by atoms with Crippen molar-refractivity contribution in [2.24, 2.45) is 0 Å². The summed E-state index contributed by atoms with van der Waals surface area (Å²) in [5.41, 5.74) is 0.191. The molecule has 0 spiro atoms. The van der Waals surface area contributed by atoms with Gasteiger partial charge in [-0.25, -0.2) is 9.80 Å². The van der Waals surface area contributed by atoms with Crippen molar-refractivity contribution in [2.45, 2.75) is 19.8 Å². The van der Waals surface area contributed by atoms with Gasteiger partial charge < -0.3 is 9.84 Å². The first-order valence-electron chi connectivity index (χ1n) is 7.13. The molecule has 0 aromatic heterocycles. The summed E-state index contributed by atoms with van der Waals surface area (Å²) in [6, 6.07) is 6.35. The summed E-state index contributed by atoms with van der Waals surface area (Å²) in [5.74, 6) is -0.364. The van der Waals surface area contributed by atoms with Crippen LogP contribution in [0.15, 0.2) is 24.3 Å². The molecule has 21 heavy (non-hydrogen) atoms. The third kappa shape index (κ3) is 3.95. The molecule has 6 nitrogen and oxygen atoms in total. The van der Waals surface area contributed by atoms with Crippen LogP contribution in [0, 0.1) is 0 Å². The summed E-state index contributed by atoms with van der Waals surface area (Å²) < 4.78 is 5.56. The van der Waals surface area contributed by atoms with Crippen LogP contribution >= 0.6 is 0 Å². The molecule has 1 amide bonds. The zero-order valence-electron chi connectivity index (χ0n) is 12.1. The number of carboxylic acids is 1. The highest BCUT2D eigenvalue weighted by molar-refractivity contribution is 5.88. The molecule has 114 valence electrons. The normalized spacial score (nSPS) is 16.0. The maximum atomic E-state index is 11.9. The van der Waals surface area contributed by atoms with Crippen molar-refractivity contribution in [2.75, 3.05) is 26.2 Å². The number of hydrogen-bond acceptors (Lipinski definition) is 4. The van der Waals surface area contributed by atoms with Gasteiger partial charge in [0.05, 0.1) is 12.1 Å². The number of carboxylic acid groups (broad SMARTS) is 1. The van der Waals surface area contributed by atoms with E-state index in [4.69, 9.17) is 9.84 Å². The summed E-state index contributed by atoms with van der Waals surface area (Å²) in [5, 5.41) is 12.7. The van der Waals surface area contributed by atoms with E-state index in [1.807, 2.05) is 11.9 Å². The molecule has 1 N–H and O–H groups in total. The molecule has 1 aromatic rings. The average molecular weight is 292 g/mol. The molecular formula is C15H20N2O4. The van der Waals surface area contributed by atoms with Gasteiger partial charge >= 0.3 is 5.97 Å². The zero-order chi connectivity index (χ0) is 15.2. The Bertz CT molecular complexity index is 518.